The first-order valence-corrected chi connectivity index (χ1v) is 7.66. The molecule has 2 rings (SSSR count). The lowest BCUT2D eigenvalue weighted by molar-refractivity contribution is -0.384. The third-order valence-electron chi connectivity index (χ3n) is 3.65. The van der Waals surface area contributed by atoms with Crippen LogP contribution in [0.1, 0.15) is 11.1 Å². The molecule has 0 unspecified atom stereocenters. The number of methoxy groups -OCH3 is 3. The fourth-order valence-electron chi connectivity index (χ4n) is 2.28. The van der Waals surface area contributed by atoms with Crippen molar-refractivity contribution in [2.45, 2.75) is 6.18 Å². The molecular formula is C17H16F3N3O5. The van der Waals surface area contributed by atoms with Crippen LogP contribution < -0.4 is 19.6 Å². The second-order valence-electron chi connectivity index (χ2n) is 5.30. The van der Waals surface area contributed by atoms with Crippen molar-refractivity contribution in [1.29, 1.82) is 0 Å². The van der Waals surface area contributed by atoms with E-state index >= 15 is 0 Å². The third kappa shape index (κ3) is 4.61. The number of halogens is 3. The average molecular weight is 399 g/mol. The maximum Gasteiger partial charge on any atom is 0.416 e. The Morgan fingerprint density at radius 3 is 2.14 bits per heavy atom. The molecule has 11 heteroatoms. The topological polar surface area (TPSA) is 95.2 Å². The van der Waals surface area contributed by atoms with E-state index in [4.69, 9.17) is 14.2 Å². The fraction of sp³-hybridized carbons (Fsp3) is 0.235. The number of rotatable bonds is 7. The summed E-state index contributed by atoms with van der Waals surface area (Å²) in [5, 5.41) is 15.0. The molecule has 0 saturated heterocycles. The predicted octanol–water partition coefficient (Wildman–Crippen LogP) is 4.09. The van der Waals surface area contributed by atoms with E-state index in [0.29, 0.717) is 28.9 Å². The van der Waals surface area contributed by atoms with Crippen molar-refractivity contribution >= 4 is 17.6 Å². The van der Waals surface area contributed by atoms with Crippen LogP contribution in [0, 0.1) is 10.1 Å². The molecule has 0 saturated carbocycles. The van der Waals surface area contributed by atoms with Gasteiger partial charge in [-0.1, -0.05) is 0 Å². The van der Waals surface area contributed by atoms with E-state index in [2.05, 4.69) is 10.5 Å². The van der Waals surface area contributed by atoms with Crippen molar-refractivity contribution in [3.8, 4) is 17.2 Å². The lowest BCUT2D eigenvalue weighted by Crippen LogP contribution is -2.07. The zero-order chi connectivity index (χ0) is 20.9. The van der Waals surface area contributed by atoms with E-state index < -0.39 is 22.4 Å². The molecule has 8 nitrogen and oxygen atoms in total. The number of nitrogens with one attached hydrogen (secondary N) is 1. The molecule has 2 aromatic carbocycles. The summed E-state index contributed by atoms with van der Waals surface area (Å²) < 4.78 is 53.9. The molecule has 150 valence electrons. The Labute approximate surface area is 157 Å². The van der Waals surface area contributed by atoms with Gasteiger partial charge >= 0.3 is 6.18 Å². The summed E-state index contributed by atoms with van der Waals surface area (Å²) in [6, 6.07) is 5.24. The van der Waals surface area contributed by atoms with Gasteiger partial charge in [0, 0.05) is 18.2 Å². The van der Waals surface area contributed by atoms with Gasteiger partial charge in [0.15, 0.2) is 0 Å². The summed E-state index contributed by atoms with van der Waals surface area (Å²) in [7, 11) is 4.30. The first kappa shape index (κ1) is 20.8. The van der Waals surface area contributed by atoms with E-state index in [-0.39, 0.29) is 5.69 Å². The normalized spacial score (nSPS) is 11.4. The monoisotopic (exact) mass is 399 g/mol. The van der Waals surface area contributed by atoms with Crippen molar-refractivity contribution in [1.82, 2.24) is 0 Å². The summed E-state index contributed by atoms with van der Waals surface area (Å²) in [5.41, 5.74) is 0.664. The smallest absolute Gasteiger partial charge is 0.416 e. The number of benzene rings is 2. The van der Waals surface area contributed by atoms with Crippen molar-refractivity contribution in [2.24, 2.45) is 5.10 Å². The number of hydrogen-bond donors (Lipinski definition) is 1. The Kier molecular flexibility index (Phi) is 6.29. The molecule has 0 aliphatic heterocycles. The van der Waals surface area contributed by atoms with Gasteiger partial charge in [0.25, 0.3) is 5.69 Å². The quantitative estimate of drug-likeness (QED) is 0.428. The lowest BCUT2D eigenvalue weighted by Gasteiger charge is -2.12. The molecule has 2 aromatic rings. The second kappa shape index (κ2) is 8.46. The maximum atomic E-state index is 12.8. The van der Waals surface area contributed by atoms with Crippen LogP contribution in [0.3, 0.4) is 0 Å². The van der Waals surface area contributed by atoms with Gasteiger partial charge in [-0.15, -0.1) is 0 Å². The Morgan fingerprint density at radius 1 is 1.07 bits per heavy atom. The van der Waals surface area contributed by atoms with E-state index in [1.165, 1.54) is 27.5 Å². The highest BCUT2D eigenvalue weighted by Crippen LogP contribution is 2.35. The Bertz CT molecular complexity index is 875. The SMILES string of the molecule is COc1cc(OC)c(C=NNc2ccc(C(F)(F)F)cc2[N+](=O)[O-])c(OC)c1. The van der Waals surface area contributed by atoms with Crippen LogP contribution >= 0.6 is 0 Å². The highest BCUT2D eigenvalue weighted by Gasteiger charge is 2.33. The zero-order valence-corrected chi connectivity index (χ0v) is 15.0. The number of alkyl halides is 3. The molecule has 0 aromatic heterocycles. The molecule has 0 aliphatic rings. The molecule has 0 heterocycles. The van der Waals surface area contributed by atoms with Gasteiger partial charge in [-0.05, 0) is 12.1 Å². The zero-order valence-electron chi connectivity index (χ0n) is 15.0. The summed E-state index contributed by atoms with van der Waals surface area (Å²) in [6.45, 7) is 0. The van der Waals surface area contributed by atoms with Gasteiger partial charge in [-0.25, -0.2) is 0 Å². The molecule has 0 bridgehead atoms. The molecule has 0 fully saturated rings. The number of hydrogen-bond acceptors (Lipinski definition) is 7. The van der Waals surface area contributed by atoms with E-state index in [1.54, 1.807) is 12.1 Å². The number of nitrogens with zero attached hydrogens (tertiary/aromatic N) is 2. The highest BCUT2D eigenvalue weighted by atomic mass is 19.4. The van der Waals surface area contributed by atoms with E-state index in [0.717, 1.165) is 12.1 Å². The van der Waals surface area contributed by atoms with Gasteiger partial charge in [0.1, 0.15) is 22.9 Å². The standard InChI is InChI=1S/C17H16F3N3O5/c1-26-11-7-15(27-2)12(16(8-11)28-3)9-21-22-13-5-4-10(17(18,19)20)6-14(13)23(24)25/h4-9,22H,1-3H3. The number of ether oxygens (including phenoxy) is 3. The first-order chi connectivity index (χ1) is 13.2. The van der Waals surface area contributed by atoms with Crippen LogP contribution in [0.25, 0.3) is 0 Å². The number of nitro groups is 1. The summed E-state index contributed by atoms with van der Waals surface area (Å²) in [5.74, 6) is 1.17. The van der Waals surface area contributed by atoms with Gasteiger partial charge in [-0.2, -0.15) is 18.3 Å². The first-order valence-electron chi connectivity index (χ1n) is 7.66. The van der Waals surface area contributed by atoms with Crippen molar-refractivity contribution in [3.05, 3.63) is 51.6 Å². The Hall–Kier alpha value is -3.50. The van der Waals surface area contributed by atoms with Gasteiger partial charge in [0.05, 0.1) is 43.6 Å². The Balaban J connectivity index is 2.36. The van der Waals surface area contributed by atoms with Crippen LogP contribution in [0.2, 0.25) is 0 Å². The fourth-order valence-corrected chi connectivity index (χ4v) is 2.28. The van der Waals surface area contributed by atoms with Crippen molar-refractivity contribution < 1.29 is 32.3 Å². The third-order valence-corrected chi connectivity index (χ3v) is 3.65. The minimum absolute atomic E-state index is 0.208. The van der Waals surface area contributed by atoms with Crippen LogP contribution in [-0.4, -0.2) is 32.5 Å². The lowest BCUT2D eigenvalue weighted by atomic mass is 10.1. The molecule has 0 amide bonds. The average Bonchev–Trinajstić information content (AvgIpc) is 2.66. The molecule has 0 atom stereocenters. The van der Waals surface area contributed by atoms with Crippen LogP contribution in [0.4, 0.5) is 24.5 Å². The largest absolute Gasteiger partial charge is 0.496 e. The van der Waals surface area contributed by atoms with Crippen molar-refractivity contribution in [2.75, 3.05) is 26.8 Å². The molecular weight excluding hydrogens is 383 g/mol. The van der Waals surface area contributed by atoms with Gasteiger partial charge in [0.2, 0.25) is 0 Å². The number of hydrazone groups is 1. The Morgan fingerprint density at radius 2 is 1.68 bits per heavy atom. The molecule has 0 spiro atoms. The summed E-state index contributed by atoms with van der Waals surface area (Å²) in [6.07, 6.45) is -3.44. The van der Waals surface area contributed by atoms with Gasteiger partial charge < -0.3 is 14.2 Å². The second-order valence-corrected chi connectivity index (χ2v) is 5.30. The minimum Gasteiger partial charge on any atom is -0.496 e. The minimum atomic E-state index is -4.70. The van der Waals surface area contributed by atoms with Crippen molar-refractivity contribution in [3.63, 3.8) is 0 Å². The predicted molar refractivity (Wildman–Crippen MR) is 95.4 cm³/mol. The van der Waals surface area contributed by atoms with E-state index in [1.807, 2.05) is 0 Å². The molecule has 0 radical (unpaired) electrons. The van der Waals surface area contributed by atoms with Gasteiger partial charge in [-0.3, -0.25) is 15.5 Å². The number of nitro benzene ring substituents is 1. The van der Waals surface area contributed by atoms with Crippen LogP contribution in [0.15, 0.2) is 35.4 Å². The molecule has 28 heavy (non-hydrogen) atoms. The summed E-state index contributed by atoms with van der Waals surface area (Å²) in [4.78, 5) is 10.2. The molecule has 0 aliphatic carbocycles. The highest BCUT2D eigenvalue weighted by molar-refractivity contribution is 5.88. The molecule has 1 N–H and O–H groups in total. The number of anilines is 1. The van der Waals surface area contributed by atoms with E-state index in [9.17, 15) is 23.3 Å². The summed E-state index contributed by atoms with van der Waals surface area (Å²) >= 11 is 0. The van der Waals surface area contributed by atoms with Crippen LogP contribution in [0.5, 0.6) is 17.2 Å². The maximum absolute atomic E-state index is 12.8. The van der Waals surface area contributed by atoms with Crippen LogP contribution in [-0.2, 0) is 6.18 Å².